The Kier molecular flexibility index (Phi) is 7.79. The highest BCUT2D eigenvalue weighted by atomic mass is 16.5. The van der Waals surface area contributed by atoms with Crippen molar-refractivity contribution in [2.45, 2.75) is 46.0 Å². The van der Waals surface area contributed by atoms with Gasteiger partial charge in [-0.15, -0.1) is 0 Å². The molecule has 6 nitrogen and oxygen atoms in total. The summed E-state index contributed by atoms with van der Waals surface area (Å²) in [7, 11) is 1.67. The van der Waals surface area contributed by atoms with E-state index in [1.807, 2.05) is 30.3 Å². The molecule has 1 aliphatic carbocycles. The first-order chi connectivity index (χ1) is 23.9. The number of aromatic nitrogens is 4. The number of para-hydroxylation sites is 1. The van der Waals surface area contributed by atoms with E-state index in [0.717, 1.165) is 62.7 Å². The van der Waals surface area contributed by atoms with E-state index in [2.05, 4.69) is 122 Å². The number of methoxy groups -OCH3 is 1. The Hall–Kier alpha value is -5.62. The molecule has 7 aromatic rings. The van der Waals surface area contributed by atoms with Crippen molar-refractivity contribution in [3.05, 3.63) is 150 Å². The third kappa shape index (κ3) is 5.47. The maximum Gasteiger partial charge on any atom is 0.141 e. The number of hydrogen-bond acceptors (Lipinski definition) is 4. The van der Waals surface area contributed by atoms with Gasteiger partial charge in [0.05, 0.1) is 29.5 Å². The summed E-state index contributed by atoms with van der Waals surface area (Å²) in [5.74, 6) is 4.33. The van der Waals surface area contributed by atoms with E-state index in [-0.39, 0.29) is 0 Å². The third-order valence-corrected chi connectivity index (χ3v) is 10.2. The summed E-state index contributed by atoms with van der Waals surface area (Å²) in [5.41, 5.74) is 9.48. The molecule has 6 heteroatoms. The van der Waals surface area contributed by atoms with Crippen LogP contribution in [0.3, 0.4) is 0 Å². The van der Waals surface area contributed by atoms with Gasteiger partial charge in [-0.25, -0.2) is 9.67 Å². The highest BCUT2D eigenvalue weighted by Crippen LogP contribution is 2.46. The van der Waals surface area contributed by atoms with E-state index in [0.29, 0.717) is 17.8 Å². The normalized spacial score (nSPS) is 17.7. The first-order valence-electron chi connectivity index (χ1n) is 17.0. The van der Waals surface area contributed by atoms with Crippen LogP contribution in [0.5, 0.6) is 17.2 Å². The summed E-state index contributed by atoms with van der Waals surface area (Å²) >= 11 is 0. The molecule has 0 N–H and O–H groups in total. The number of allylic oxidation sites excluding steroid dienone is 2. The minimum Gasteiger partial charge on any atom is -0.497 e. The Morgan fingerprint density at radius 3 is 2.33 bits per heavy atom. The second-order valence-corrected chi connectivity index (χ2v) is 13.3. The van der Waals surface area contributed by atoms with Crippen molar-refractivity contribution < 1.29 is 9.47 Å². The predicted octanol–water partition coefficient (Wildman–Crippen LogP) is 10.6. The number of ether oxygens (including phenoxy) is 2. The van der Waals surface area contributed by atoms with E-state index in [1.54, 1.807) is 13.3 Å². The molecule has 0 aliphatic heterocycles. The molecule has 0 saturated carbocycles. The van der Waals surface area contributed by atoms with Crippen molar-refractivity contribution in [1.82, 2.24) is 19.3 Å². The lowest BCUT2D eigenvalue weighted by atomic mass is 9.70. The summed E-state index contributed by atoms with van der Waals surface area (Å²) in [6.45, 7) is 9.03. The Bertz CT molecular complexity index is 2350. The topological polar surface area (TPSA) is 54.1 Å². The van der Waals surface area contributed by atoms with Gasteiger partial charge >= 0.3 is 0 Å². The van der Waals surface area contributed by atoms with Crippen LogP contribution in [0.2, 0.25) is 0 Å². The summed E-state index contributed by atoms with van der Waals surface area (Å²) in [6.07, 6.45) is 5.38. The number of benzene rings is 4. The lowest BCUT2D eigenvalue weighted by Crippen LogP contribution is -2.20. The highest BCUT2D eigenvalue weighted by Gasteiger charge is 2.33. The van der Waals surface area contributed by atoms with E-state index < -0.39 is 0 Å². The number of nitrogens with zero attached hydrogens (tertiary/aromatic N) is 4. The second kappa shape index (κ2) is 12.4. The molecule has 0 bridgehead atoms. The fraction of sp³-hybridized carbons (Fsp3) is 0.209. The lowest BCUT2D eigenvalue weighted by Gasteiger charge is -2.34. The van der Waals surface area contributed by atoms with Crippen molar-refractivity contribution in [2.75, 3.05) is 7.11 Å². The number of fused-ring (bicyclic) bond motifs is 3. The molecule has 0 saturated heterocycles. The fourth-order valence-electron chi connectivity index (χ4n) is 8.00. The van der Waals surface area contributed by atoms with Gasteiger partial charge in [0, 0.05) is 58.3 Å². The lowest BCUT2D eigenvalue weighted by molar-refractivity contribution is 0.414. The maximum absolute atomic E-state index is 6.55. The maximum atomic E-state index is 6.55. The molecule has 1 aliphatic rings. The zero-order valence-corrected chi connectivity index (χ0v) is 28.6. The monoisotopic (exact) mass is 644 g/mol. The Labute approximate surface area is 287 Å². The van der Waals surface area contributed by atoms with Gasteiger partial charge < -0.3 is 9.47 Å². The van der Waals surface area contributed by atoms with Gasteiger partial charge in [0.25, 0.3) is 0 Å². The molecule has 3 atom stereocenters. The Balaban J connectivity index is 1.12. The van der Waals surface area contributed by atoms with Crippen molar-refractivity contribution in [2.24, 2.45) is 5.92 Å². The van der Waals surface area contributed by atoms with Gasteiger partial charge in [-0.1, -0.05) is 73.2 Å². The van der Waals surface area contributed by atoms with Crippen LogP contribution >= 0.6 is 0 Å². The first-order valence-corrected chi connectivity index (χ1v) is 17.0. The molecule has 0 spiro atoms. The molecule has 8 rings (SSSR count). The summed E-state index contributed by atoms with van der Waals surface area (Å²) < 4.78 is 16.3. The number of pyridine rings is 1. The minimum atomic E-state index is 0.339. The predicted molar refractivity (Wildman–Crippen MR) is 198 cm³/mol. The van der Waals surface area contributed by atoms with Crippen LogP contribution in [-0.4, -0.2) is 26.4 Å². The standard InChI is InChI=1S/C43H40N4O2/c1-27-22-32(31-12-7-6-8-13-31)23-28(2)42(27)43-29(3)45-47(30(43)4)33-14-11-15-35(24-33)49-36-18-19-38-37-16-9-10-17-39(37)46(40(38)25-36)41-26-34(48-5)20-21-44-41/h6-22,24-26,28,32,42H,23H2,1-5H3/t28-,32+,42+/m0/s1. The molecule has 0 fully saturated rings. The van der Waals surface area contributed by atoms with Crippen LogP contribution < -0.4 is 9.47 Å². The largest absolute Gasteiger partial charge is 0.497 e. The van der Waals surface area contributed by atoms with E-state index in [1.165, 1.54) is 22.4 Å². The van der Waals surface area contributed by atoms with Crippen molar-refractivity contribution >= 4 is 21.8 Å². The summed E-state index contributed by atoms with van der Waals surface area (Å²) in [6, 6.07) is 37.6. The van der Waals surface area contributed by atoms with Crippen molar-refractivity contribution in [3.63, 3.8) is 0 Å². The highest BCUT2D eigenvalue weighted by molar-refractivity contribution is 6.09. The molecule has 0 radical (unpaired) electrons. The van der Waals surface area contributed by atoms with Crippen molar-refractivity contribution in [1.29, 1.82) is 0 Å². The van der Waals surface area contributed by atoms with E-state index >= 15 is 0 Å². The van der Waals surface area contributed by atoms with Crippen LogP contribution in [0, 0.1) is 19.8 Å². The number of aryl methyl sites for hydroxylation is 1. The van der Waals surface area contributed by atoms with Gasteiger partial charge in [-0.05, 0) is 75.1 Å². The Morgan fingerprint density at radius 2 is 1.51 bits per heavy atom. The van der Waals surface area contributed by atoms with Gasteiger partial charge in [0.2, 0.25) is 0 Å². The summed E-state index contributed by atoms with van der Waals surface area (Å²) in [5, 5.41) is 7.38. The van der Waals surface area contributed by atoms with Crippen molar-refractivity contribution in [3.8, 4) is 28.8 Å². The summed E-state index contributed by atoms with van der Waals surface area (Å²) in [4.78, 5) is 4.70. The van der Waals surface area contributed by atoms with Crippen LogP contribution in [0.1, 0.15) is 54.6 Å². The number of hydrogen-bond donors (Lipinski definition) is 0. The van der Waals surface area contributed by atoms with Crippen LogP contribution in [0.25, 0.3) is 33.3 Å². The molecular formula is C43H40N4O2. The SMILES string of the molecule is COc1ccnc(-n2c3ccccc3c3ccc(Oc4cccc(-n5nc(C)c([C@@H]6C(C)=C[C@@H](c7ccccc7)C[C@@H]6C)c5C)c4)cc32)c1. The minimum absolute atomic E-state index is 0.339. The molecule has 0 unspecified atom stereocenters. The zero-order chi connectivity index (χ0) is 33.6. The average Bonchev–Trinajstić information content (AvgIpc) is 3.61. The average molecular weight is 645 g/mol. The fourth-order valence-corrected chi connectivity index (χ4v) is 8.00. The second-order valence-electron chi connectivity index (χ2n) is 13.3. The molecule has 49 heavy (non-hydrogen) atoms. The zero-order valence-electron chi connectivity index (χ0n) is 28.6. The van der Waals surface area contributed by atoms with Gasteiger partial charge in [0.15, 0.2) is 0 Å². The van der Waals surface area contributed by atoms with Crippen LogP contribution in [-0.2, 0) is 0 Å². The molecular weight excluding hydrogens is 604 g/mol. The van der Waals surface area contributed by atoms with E-state index in [4.69, 9.17) is 19.6 Å². The smallest absolute Gasteiger partial charge is 0.141 e. The van der Waals surface area contributed by atoms with Gasteiger partial charge in [0.1, 0.15) is 23.1 Å². The molecule has 0 amide bonds. The first kappa shape index (κ1) is 30.7. The molecule has 244 valence electrons. The van der Waals surface area contributed by atoms with Gasteiger partial charge in [-0.2, -0.15) is 5.10 Å². The molecule has 4 aromatic carbocycles. The van der Waals surface area contributed by atoms with Gasteiger partial charge in [-0.3, -0.25) is 4.57 Å². The van der Waals surface area contributed by atoms with Crippen LogP contribution in [0.15, 0.2) is 127 Å². The van der Waals surface area contributed by atoms with Crippen LogP contribution in [0.4, 0.5) is 0 Å². The third-order valence-electron chi connectivity index (χ3n) is 10.2. The number of rotatable bonds is 7. The molecule has 3 aromatic heterocycles. The quantitative estimate of drug-likeness (QED) is 0.162. The molecule has 3 heterocycles. The van der Waals surface area contributed by atoms with E-state index in [9.17, 15) is 0 Å². The Morgan fingerprint density at radius 1 is 0.735 bits per heavy atom.